The summed E-state index contributed by atoms with van der Waals surface area (Å²) in [5.41, 5.74) is 0.790. The van der Waals surface area contributed by atoms with Crippen LogP contribution >= 0.6 is 11.3 Å². The number of thiophene rings is 1. The van der Waals surface area contributed by atoms with Gasteiger partial charge < -0.3 is 10.4 Å². The third kappa shape index (κ3) is 3.13. The van der Waals surface area contributed by atoms with Crippen LogP contribution in [0.3, 0.4) is 0 Å². The summed E-state index contributed by atoms with van der Waals surface area (Å²) < 4.78 is 1.11. The van der Waals surface area contributed by atoms with Gasteiger partial charge in [0.2, 0.25) is 6.41 Å². The Balaban J connectivity index is 2.42. The van der Waals surface area contributed by atoms with Gasteiger partial charge in [0.05, 0.1) is 10.6 Å². The Hall–Kier alpha value is -2.40. The Labute approximate surface area is 120 Å². The maximum atomic E-state index is 10.8. The molecule has 102 valence electrons. The van der Waals surface area contributed by atoms with Crippen LogP contribution in [-0.2, 0) is 9.59 Å². The summed E-state index contributed by atoms with van der Waals surface area (Å²) >= 11 is 1.54. The molecule has 0 atom stereocenters. The third-order valence-electron chi connectivity index (χ3n) is 2.74. The van der Waals surface area contributed by atoms with Gasteiger partial charge in [-0.2, -0.15) is 0 Å². The second-order valence-corrected chi connectivity index (χ2v) is 5.23. The Bertz CT molecular complexity index is 680. The molecular formula is C15H13NO3S. The standard InChI is InChI=1S/C15H13NO3S/c1-10(15(18)19)6-7-12(16-9-17)14-8-11-4-2-3-5-13(11)20-14/h2-9H,1H3,(H,16,17)(H,18,19)/b10-6+,12-7-. The van der Waals surface area contributed by atoms with Gasteiger partial charge in [0.1, 0.15) is 0 Å². The van der Waals surface area contributed by atoms with Crippen LogP contribution < -0.4 is 5.32 Å². The molecule has 4 nitrogen and oxygen atoms in total. The van der Waals surface area contributed by atoms with Crippen molar-refractivity contribution in [1.82, 2.24) is 5.32 Å². The van der Waals surface area contributed by atoms with Crippen molar-refractivity contribution in [1.29, 1.82) is 0 Å². The summed E-state index contributed by atoms with van der Waals surface area (Å²) in [5, 5.41) is 12.5. The highest BCUT2D eigenvalue weighted by molar-refractivity contribution is 7.20. The molecule has 1 heterocycles. The first kappa shape index (κ1) is 14.0. The van der Waals surface area contributed by atoms with E-state index >= 15 is 0 Å². The highest BCUT2D eigenvalue weighted by Crippen LogP contribution is 2.29. The monoisotopic (exact) mass is 287 g/mol. The highest BCUT2D eigenvalue weighted by atomic mass is 32.1. The minimum atomic E-state index is -0.983. The quantitative estimate of drug-likeness (QED) is 0.504. The molecule has 0 radical (unpaired) electrons. The fraction of sp³-hybridized carbons (Fsp3) is 0.0667. The molecule has 0 aliphatic heterocycles. The first-order valence-electron chi connectivity index (χ1n) is 5.93. The van der Waals surface area contributed by atoms with Crippen molar-refractivity contribution in [3.8, 4) is 0 Å². The van der Waals surface area contributed by atoms with Crippen LogP contribution in [0.1, 0.15) is 11.8 Å². The highest BCUT2D eigenvalue weighted by Gasteiger charge is 2.06. The summed E-state index contributed by atoms with van der Waals surface area (Å²) in [6.07, 6.45) is 3.65. The van der Waals surface area contributed by atoms with Crippen LogP contribution in [-0.4, -0.2) is 17.5 Å². The van der Waals surface area contributed by atoms with Gasteiger partial charge in [-0.25, -0.2) is 4.79 Å². The number of nitrogens with one attached hydrogen (secondary N) is 1. The molecular weight excluding hydrogens is 274 g/mol. The lowest BCUT2D eigenvalue weighted by atomic mass is 10.2. The number of benzene rings is 1. The zero-order valence-corrected chi connectivity index (χ0v) is 11.6. The van der Waals surface area contributed by atoms with Gasteiger partial charge >= 0.3 is 5.97 Å². The van der Waals surface area contributed by atoms with E-state index in [1.807, 2.05) is 30.3 Å². The summed E-state index contributed by atoms with van der Waals surface area (Å²) in [4.78, 5) is 22.3. The fourth-order valence-electron chi connectivity index (χ4n) is 1.66. The van der Waals surface area contributed by atoms with E-state index in [-0.39, 0.29) is 5.57 Å². The number of hydrogen-bond acceptors (Lipinski definition) is 3. The average molecular weight is 287 g/mol. The van der Waals surface area contributed by atoms with E-state index < -0.39 is 5.97 Å². The number of amides is 1. The van der Waals surface area contributed by atoms with Crippen LogP contribution in [0.25, 0.3) is 15.8 Å². The lowest BCUT2D eigenvalue weighted by molar-refractivity contribution is -0.132. The molecule has 0 spiro atoms. The number of rotatable bonds is 5. The van der Waals surface area contributed by atoms with Crippen LogP contribution in [0.15, 0.2) is 48.1 Å². The van der Waals surface area contributed by atoms with E-state index in [1.54, 1.807) is 6.08 Å². The largest absolute Gasteiger partial charge is 0.478 e. The zero-order valence-electron chi connectivity index (χ0n) is 10.8. The van der Waals surface area contributed by atoms with Crippen molar-refractivity contribution in [2.45, 2.75) is 6.92 Å². The van der Waals surface area contributed by atoms with Crippen molar-refractivity contribution < 1.29 is 14.7 Å². The van der Waals surface area contributed by atoms with Crippen LogP contribution in [0.4, 0.5) is 0 Å². The fourth-order valence-corrected chi connectivity index (χ4v) is 2.71. The molecule has 2 N–H and O–H groups in total. The van der Waals surface area contributed by atoms with E-state index in [2.05, 4.69) is 5.32 Å². The van der Waals surface area contributed by atoms with Crippen molar-refractivity contribution in [3.05, 3.63) is 52.9 Å². The molecule has 1 amide bonds. The van der Waals surface area contributed by atoms with E-state index in [9.17, 15) is 9.59 Å². The van der Waals surface area contributed by atoms with E-state index in [0.29, 0.717) is 12.1 Å². The number of allylic oxidation sites excluding steroid dienone is 2. The molecule has 0 fully saturated rings. The molecule has 0 unspecified atom stereocenters. The van der Waals surface area contributed by atoms with Crippen molar-refractivity contribution in [3.63, 3.8) is 0 Å². The maximum Gasteiger partial charge on any atom is 0.331 e. The Kier molecular flexibility index (Phi) is 4.32. The minimum Gasteiger partial charge on any atom is -0.478 e. The first-order chi connectivity index (χ1) is 9.61. The predicted octanol–water partition coefficient (Wildman–Crippen LogP) is 3.02. The van der Waals surface area contributed by atoms with Crippen molar-refractivity contribution in [2.24, 2.45) is 0 Å². The summed E-state index contributed by atoms with van der Waals surface area (Å²) in [5.74, 6) is -0.983. The Morgan fingerprint density at radius 3 is 2.70 bits per heavy atom. The normalized spacial score (nSPS) is 12.4. The Morgan fingerprint density at radius 1 is 1.30 bits per heavy atom. The molecule has 1 aromatic heterocycles. The second-order valence-electron chi connectivity index (χ2n) is 4.15. The van der Waals surface area contributed by atoms with Gasteiger partial charge in [0.15, 0.2) is 0 Å². The number of hydrogen-bond donors (Lipinski definition) is 2. The number of carboxylic acids is 1. The molecule has 0 saturated heterocycles. The third-order valence-corrected chi connectivity index (χ3v) is 3.89. The average Bonchev–Trinajstić information content (AvgIpc) is 2.86. The lowest BCUT2D eigenvalue weighted by Crippen LogP contribution is -2.07. The number of carboxylic acid groups (broad SMARTS) is 1. The van der Waals surface area contributed by atoms with E-state index in [4.69, 9.17) is 5.11 Å². The first-order valence-corrected chi connectivity index (χ1v) is 6.74. The van der Waals surface area contributed by atoms with Crippen LogP contribution in [0.2, 0.25) is 0 Å². The van der Waals surface area contributed by atoms with Gasteiger partial charge in [0, 0.05) is 10.3 Å². The molecule has 5 heteroatoms. The lowest BCUT2D eigenvalue weighted by Gasteiger charge is -2.01. The van der Waals surface area contributed by atoms with E-state index in [0.717, 1.165) is 15.0 Å². The molecule has 0 aliphatic rings. The number of aliphatic carboxylic acids is 1. The van der Waals surface area contributed by atoms with Gasteiger partial charge in [-0.05, 0) is 36.6 Å². The van der Waals surface area contributed by atoms with Crippen molar-refractivity contribution in [2.75, 3.05) is 0 Å². The molecule has 0 aliphatic carbocycles. The van der Waals surface area contributed by atoms with Gasteiger partial charge in [0.25, 0.3) is 0 Å². The second kappa shape index (κ2) is 6.16. The number of carbonyl (C=O) groups is 2. The smallest absolute Gasteiger partial charge is 0.331 e. The number of carbonyl (C=O) groups excluding carboxylic acids is 1. The number of fused-ring (bicyclic) bond motifs is 1. The topological polar surface area (TPSA) is 66.4 Å². The van der Waals surface area contributed by atoms with Gasteiger partial charge in [-0.1, -0.05) is 18.2 Å². The SMILES string of the molecule is C/C(=C\C=C(/NC=O)c1cc2ccccc2s1)C(=O)O. The summed E-state index contributed by atoms with van der Waals surface area (Å²) in [6, 6.07) is 9.86. The zero-order chi connectivity index (χ0) is 14.5. The molecule has 20 heavy (non-hydrogen) atoms. The van der Waals surface area contributed by atoms with Crippen LogP contribution in [0, 0.1) is 0 Å². The molecule has 1 aromatic carbocycles. The molecule has 0 saturated carbocycles. The van der Waals surface area contributed by atoms with Crippen LogP contribution in [0.5, 0.6) is 0 Å². The maximum absolute atomic E-state index is 10.8. The minimum absolute atomic E-state index is 0.205. The predicted molar refractivity (Wildman–Crippen MR) is 80.4 cm³/mol. The molecule has 2 rings (SSSR count). The van der Waals surface area contributed by atoms with E-state index in [1.165, 1.54) is 24.3 Å². The Morgan fingerprint density at radius 2 is 2.05 bits per heavy atom. The van der Waals surface area contributed by atoms with Gasteiger partial charge in [-0.3, -0.25) is 4.79 Å². The molecule has 2 aromatic rings. The summed E-state index contributed by atoms with van der Waals surface area (Å²) in [7, 11) is 0. The van der Waals surface area contributed by atoms with Gasteiger partial charge in [-0.15, -0.1) is 11.3 Å². The molecule has 0 bridgehead atoms. The van der Waals surface area contributed by atoms with Crippen molar-refractivity contribution >= 4 is 39.5 Å². The summed E-state index contributed by atoms with van der Waals surface area (Å²) in [6.45, 7) is 1.50.